The molecule has 1 N–H and O–H groups in total. The van der Waals surface area contributed by atoms with Gasteiger partial charge in [-0.15, -0.1) is 0 Å². The van der Waals surface area contributed by atoms with Gasteiger partial charge in [-0.25, -0.2) is 0 Å². The molecule has 1 aliphatic rings. The van der Waals surface area contributed by atoms with Crippen molar-refractivity contribution in [1.82, 2.24) is 4.98 Å². The van der Waals surface area contributed by atoms with Crippen molar-refractivity contribution < 1.29 is 14.7 Å². The van der Waals surface area contributed by atoms with Crippen molar-refractivity contribution >= 4 is 34.7 Å². The fourth-order valence-corrected chi connectivity index (χ4v) is 4.00. The average Bonchev–Trinajstić information content (AvgIpc) is 3.03. The number of Topliss-reactive ketones (excluding diaryl/α,β-unsaturated/α-hetero) is 1. The maximum Gasteiger partial charge on any atom is 0.300 e. The number of hydrogen-bond acceptors (Lipinski definition) is 4. The topological polar surface area (TPSA) is 70.5 Å². The molecule has 1 unspecified atom stereocenters. The molecule has 1 fully saturated rings. The number of anilines is 1. The zero-order valence-electron chi connectivity index (χ0n) is 17.4. The SMILES string of the molecule is Cc1ccc(C)c(/C(O)=C2\C(=O)C(=O)N(c3ccc(C)c(Cl)c3)C2c2ccncc2)c1. The molecule has 0 spiro atoms. The molecular formula is C25H21ClN2O3. The Kier molecular flexibility index (Phi) is 5.38. The molecule has 1 saturated heterocycles. The summed E-state index contributed by atoms with van der Waals surface area (Å²) in [6.07, 6.45) is 3.19. The van der Waals surface area contributed by atoms with Crippen molar-refractivity contribution in [2.45, 2.75) is 26.8 Å². The van der Waals surface area contributed by atoms with Crippen molar-refractivity contribution in [2.24, 2.45) is 0 Å². The minimum absolute atomic E-state index is 0.0431. The molecule has 0 radical (unpaired) electrons. The number of aliphatic hydroxyl groups excluding tert-OH is 1. The van der Waals surface area contributed by atoms with Gasteiger partial charge in [0.15, 0.2) is 0 Å². The van der Waals surface area contributed by atoms with Gasteiger partial charge in [-0.05, 0) is 67.8 Å². The Morgan fingerprint density at radius 2 is 1.65 bits per heavy atom. The lowest BCUT2D eigenvalue weighted by atomic mass is 9.93. The zero-order valence-corrected chi connectivity index (χ0v) is 18.1. The molecule has 31 heavy (non-hydrogen) atoms. The highest BCUT2D eigenvalue weighted by Gasteiger charge is 2.47. The molecule has 1 aliphatic heterocycles. The predicted octanol–water partition coefficient (Wildman–Crippen LogP) is 5.29. The van der Waals surface area contributed by atoms with Crippen LogP contribution in [-0.4, -0.2) is 21.8 Å². The van der Waals surface area contributed by atoms with E-state index in [4.69, 9.17) is 11.6 Å². The Morgan fingerprint density at radius 3 is 2.32 bits per heavy atom. The van der Waals surface area contributed by atoms with Crippen LogP contribution in [0.5, 0.6) is 0 Å². The smallest absolute Gasteiger partial charge is 0.300 e. The molecule has 2 aromatic carbocycles. The van der Waals surface area contributed by atoms with E-state index in [1.54, 1.807) is 42.7 Å². The second-order valence-corrected chi connectivity index (χ2v) is 8.11. The molecule has 3 aromatic rings. The molecule has 0 bridgehead atoms. The largest absolute Gasteiger partial charge is 0.507 e. The molecular weight excluding hydrogens is 412 g/mol. The lowest BCUT2D eigenvalue weighted by Gasteiger charge is -2.25. The summed E-state index contributed by atoms with van der Waals surface area (Å²) in [6, 6.07) is 13.5. The number of carbonyl (C=O) groups is 2. The van der Waals surface area contributed by atoms with Crippen LogP contribution in [0.15, 0.2) is 66.5 Å². The number of aryl methyl sites for hydroxylation is 3. The van der Waals surface area contributed by atoms with Gasteiger partial charge in [-0.3, -0.25) is 19.5 Å². The second kappa shape index (κ2) is 8.00. The average molecular weight is 433 g/mol. The summed E-state index contributed by atoms with van der Waals surface area (Å²) in [5.41, 5.74) is 4.32. The molecule has 156 valence electrons. The second-order valence-electron chi connectivity index (χ2n) is 7.70. The first-order valence-corrected chi connectivity index (χ1v) is 10.2. The minimum Gasteiger partial charge on any atom is -0.507 e. The third-order valence-electron chi connectivity index (χ3n) is 5.55. The number of hydrogen-bond donors (Lipinski definition) is 1. The molecule has 6 heteroatoms. The molecule has 2 heterocycles. The van der Waals surface area contributed by atoms with Crippen LogP contribution < -0.4 is 4.90 Å². The molecule has 0 saturated carbocycles. The van der Waals surface area contributed by atoms with E-state index in [1.807, 2.05) is 39.0 Å². The number of rotatable bonds is 3. The van der Waals surface area contributed by atoms with Gasteiger partial charge >= 0.3 is 0 Å². The number of amides is 1. The number of aliphatic hydroxyl groups is 1. The first-order valence-electron chi connectivity index (χ1n) is 9.84. The first-order chi connectivity index (χ1) is 14.8. The van der Waals surface area contributed by atoms with Gasteiger partial charge in [0, 0.05) is 28.7 Å². The van der Waals surface area contributed by atoms with Crippen molar-refractivity contribution in [1.29, 1.82) is 0 Å². The lowest BCUT2D eigenvalue weighted by Crippen LogP contribution is -2.29. The van der Waals surface area contributed by atoms with E-state index in [0.717, 1.165) is 16.7 Å². The zero-order chi connectivity index (χ0) is 22.3. The molecule has 1 atom stereocenters. The van der Waals surface area contributed by atoms with Crippen molar-refractivity contribution in [3.63, 3.8) is 0 Å². The molecule has 5 nitrogen and oxygen atoms in total. The molecule has 1 aromatic heterocycles. The number of ketones is 1. The lowest BCUT2D eigenvalue weighted by molar-refractivity contribution is -0.132. The monoisotopic (exact) mass is 432 g/mol. The van der Waals surface area contributed by atoms with Gasteiger partial charge in [-0.2, -0.15) is 0 Å². The van der Waals surface area contributed by atoms with Gasteiger partial charge in [0.25, 0.3) is 11.7 Å². The number of halogens is 1. The van der Waals surface area contributed by atoms with E-state index in [2.05, 4.69) is 4.98 Å². The van der Waals surface area contributed by atoms with E-state index < -0.39 is 17.7 Å². The van der Waals surface area contributed by atoms with E-state index in [-0.39, 0.29) is 11.3 Å². The normalized spacial score (nSPS) is 17.9. The van der Waals surface area contributed by atoms with Crippen LogP contribution in [0.1, 0.15) is 33.9 Å². The predicted molar refractivity (Wildman–Crippen MR) is 121 cm³/mol. The summed E-state index contributed by atoms with van der Waals surface area (Å²) in [7, 11) is 0. The van der Waals surface area contributed by atoms with E-state index in [9.17, 15) is 14.7 Å². The van der Waals surface area contributed by atoms with Crippen LogP contribution in [-0.2, 0) is 9.59 Å². The maximum atomic E-state index is 13.2. The van der Waals surface area contributed by atoms with Crippen molar-refractivity contribution in [3.8, 4) is 0 Å². The number of aromatic nitrogens is 1. The summed E-state index contributed by atoms with van der Waals surface area (Å²) in [6.45, 7) is 5.62. The summed E-state index contributed by atoms with van der Waals surface area (Å²) >= 11 is 6.31. The summed E-state index contributed by atoms with van der Waals surface area (Å²) in [4.78, 5) is 31.8. The standard InChI is InChI=1S/C25H21ClN2O3/c1-14-4-5-15(2)19(12-14)23(29)21-22(17-8-10-27-11-9-17)28(25(31)24(21)30)18-7-6-16(3)20(26)13-18/h4-13,22,29H,1-3H3/b23-21+. The fraction of sp³-hybridized carbons (Fsp3) is 0.160. The Hall–Kier alpha value is -3.44. The van der Waals surface area contributed by atoms with Crippen molar-refractivity contribution in [3.05, 3.63) is 99.3 Å². The van der Waals surface area contributed by atoms with Crippen LogP contribution >= 0.6 is 11.6 Å². The van der Waals surface area contributed by atoms with Gasteiger partial charge in [0.2, 0.25) is 0 Å². The highest BCUT2D eigenvalue weighted by atomic mass is 35.5. The van der Waals surface area contributed by atoms with Gasteiger partial charge in [0.05, 0.1) is 11.6 Å². The number of nitrogens with zero attached hydrogens (tertiary/aromatic N) is 2. The van der Waals surface area contributed by atoms with Gasteiger partial charge in [-0.1, -0.05) is 35.4 Å². The van der Waals surface area contributed by atoms with Gasteiger partial charge < -0.3 is 5.11 Å². The Labute approximate surface area is 185 Å². The third kappa shape index (κ3) is 3.62. The van der Waals surface area contributed by atoms with Crippen LogP contribution in [0.2, 0.25) is 5.02 Å². The highest BCUT2D eigenvalue weighted by Crippen LogP contribution is 2.43. The van der Waals surface area contributed by atoms with Crippen LogP contribution in [0.3, 0.4) is 0 Å². The van der Waals surface area contributed by atoms with E-state index >= 15 is 0 Å². The summed E-state index contributed by atoms with van der Waals surface area (Å²) < 4.78 is 0. The Balaban J connectivity index is 1.98. The first kappa shape index (κ1) is 20.8. The van der Waals surface area contributed by atoms with Crippen molar-refractivity contribution in [2.75, 3.05) is 4.90 Å². The Bertz CT molecular complexity index is 1230. The highest BCUT2D eigenvalue weighted by molar-refractivity contribution is 6.51. The Morgan fingerprint density at radius 1 is 0.968 bits per heavy atom. The van der Waals surface area contributed by atoms with Crippen LogP contribution in [0.25, 0.3) is 5.76 Å². The quantitative estimate of drug-likeness (QED) is 0.347. The van der Waals surface area contributed by atoms with Crippen LogP contribution in [0, 0.1) is 20.8 Å². The van der Waals surface area contributed by atoms with Gasteiger partial charge in [0.1, 0.15) is 5.76 Å². The maximum absolute atomic E-state index is 13.2. The fourth-order valence-electron chi connectivity index (χ4n) is 3.83. The molecule has 4 rings (SSSR count). The number of carbonyl (C=O) groups excluding carboxylic acids is 2. The third-order valence-corrected chi connectivity index (χ3v) is 5.96. The van der Waals surface area contributed by atoms with Crippen LogP contribution in [0.4, 0.5) is 5.69 Å². The summed E-state index contributed by atoms with van der Waals surface area (Å²) in [5.74, 6) is -1.65. The summed E-state index contributed by atoms with van der Waals surface area (Å²) in [5, 5.41) is 11.7. The number of benzene rings is 2. The molecule has 0 aliphatic carbocycles. The molecule has 1 amide bonds. The number of pyridine rings is 1. The van der Waals surface area contributed by atoms with E-state index in [1.165, 1.54) is 4.90 Å². The van der Waals surface area contributed by atoms with E-state index in [0.29, 0.717) is 21.8 Å². The minimum atomic E-state index is -0.804.